The molecule has 3 heterocycles. The Morgan fingerprint density at radius 1 is 0.971 bits per heavy atom. The maximum absolute atomic E-state index is 6.04. The Labute approximate surface area is 203 Å². The predicted octanol–water partition coefficient (Wildman–Crippen LogP) is 5.74. The second kappa shape index (κ2) is 10.3. The largest absolute Gasteiger partial charge is 0.492 e. The molecule has 0 saturated carbocycles. The average Bonchev–Trinajstić information content (AvgIpc) is 3.32. The summed E-state index contributed by atoms with van der Waals surface area (Å²) in [6.45, 7) is 8.17. The van der Waals surface area contributed by atoms with Gasteiger partial charge in [0.15, 0.2) is 0 Å². The number of rotatable bonds is 8. The van der Waals surface area contributed by atoms with Gasteiger partial charge in [0.1, 0.15) is 28.5 Å². The molecule has 5 rings (SSSR count). The normalized spacial score (nSPS) is 13.8. The third-order valence-electron chi connectivity index (χ3n) is 5.65. The van der Waals surface area contributed by atoms with Crippen LogP contribution in [0, 0.1) is 0 Å². The van der Waals surface area contributed by atoms with E-state index in [1.165, 1.54) is 5.56 Å². The van der Waals surface area contributed by atoms with Gasteiger partial charge in [0.05, 0.1) is 43.2 Å². The lowest BCUT2D eigenvalue weighted by Gasteiger charge is -2.31. The maximum atomic E-state index is 6.04. The summed E-state index contributed by atoms with van der Waals surface area (Å²) in [6.07, 6.45) is 1.60. The molecule has 34 heavy (non-hydrogen) atoms. The smallest absolute Gasteiger partial charge is 0.145 e. The number of benzene rings is 2. The molecule has 0 radical (unpaired) electrons. The molecule has 4 aromatic rings. The third kappa shape index (κ3) is 4.64. The van der Waals surface area contributed by atoms with Crippen LogP contribution >= 0.6 is 11.3 Å². The third-order valence-corrected chi connectivity index (χ3v) is 6.75. The monoisotopic (exact) mass is 476 g/mol. The zero-order chi connectivity index (χ0) is 23.3. The first-order valence-electron chi connectivity index (χ1n) is 11.6. The first-order valence-corrected chi connectivity index (χ1v) is 12.4. The molecular weight excluding hydrogens is 448 g/mol. The SMILES string of the molecule is CCOc1cc(N2CCOCC2)c(OCC)cc1Nc1ncnc2sc(-c3ccccc3)cc12. The van der Waals surface area contributed by atoms with E-state index in [4.69, 9.17) is 14.2 Å². The van der Waals surface area contributed by atoms with E-state index in [-0.39, 0.29) is 0 Å². The zero-order valence-corrected chi connectivity index (χ0v) is 20.2. The molecule has 0 amide bonds. The van der Waals surface area contributed by atoms with Crippen molar-refractivity contribution in [2.75, 3.05) is 49.7 Å². The Morgan fingerprint density at radius 2 is 1.74 bits per heavy atom. The van der Waals surface area contributed by atoms with Gasteiger partial charge < -0.3 is 24.4 Å². The van der Waals surface area contributed by atoms with Crippen LogP contribution in [0.15, 0.2) is 54.9 Å². The fourth-order valence-electron chi connectivity index (χ4n) is 4.07. The van der Waals surface area contributed by atoms with E-state index in [0.717, 1.165) is 56.9 Å². The van der Waals surface area contributed by atoms with E-state index in [0.29, 0.717) is 26.4 Å². The number of aromatic nitrogens is 2. The van der Waals surface area contributed by atoms with E-state index in [1.54, 1.807) is 17.7 Å². The lowest BCUT2D eigenvalue weighted by Crippen LogP contribution is -2.36. The molecule has 176 valence electrons. The quantitative estimate of drug-likeness (QED) is 0.348. The van der Waals surface area contributed by atoms with Crippen LogP contribution in [-0.4, -0.2) is 49.5 Å². The molecule has 1 N–H and O–H groups in total. The molecule has 1 saturated heterocycles. The van der Waals surface area contributed by atoms with Crippen LogP contribution in [0.4, 0.5) is 17.2 Å². The van der Waals surface area contributed by atoms with Crippen molar-refractivity contribution in [2.24, 2.45) is 0 Å². The van der Waals surface area contributed by atoms with Crippen molar-refractivity contribution in [2.45, 2.75) is 13.8 Å². The highest BCUT2D eigenvalue weighted by molar-refractivity contribution is 7.21. The lowest BCUT2D eigenvalue weighted by atomic mass is 10.1. The van der Waals surface area contributed by atoms with Gasteiger partial charge in [-0.15, -0.1) is 11.3 Å². The van der Waals surface area contributed by atoms with Crippen LogP contribution in [-0.2, 0) is 4.74 Å². The van der Waals surface area contributed by atoms with Crippen LogP contribution in [0.3, 0.4) is 0 Å². The van der Waals surface area contributed by atoms with E-state index < -0.39 is 0 Å². The molecule has 1 aliphatic heterocycles. The zero-order valence-electron chi connectivity index (χ0n) is 19.4. The average molecular weight is 477 g/mol. The molecule has 2 aromatic heterocycles. The van der Waals surface area contributed by atoms with Crippen molar-refractivity contribution in [3.63, 3.8) is 0 Å². The Bertz CT molecular complexity index is 1260. The highest BCUT2D eigenvalue weighted by Crippen LogP contribution is 2.42. The van der Waals surface area contributed by atoms with Gasteiger partial charge in [0.25, 0.3) is 0 Å². The van der Waals surface area contributed by atoms with Crippen molar-refractivity contribution in [1.82, 2.24) is 9.97 Å². The van der Waals surface area contributed by atoms with E-state index in [9.17, 15) is 0 Å². The summed E-state index contributed by atoms with van der Waals surface area (Å²) < 4.78 is 17.6. The van der Waals surface area contributed by atoms with Gasteiger partial charge in [0, 0.05) is 30.1 Å². The number of anilines is 3. The van der Waals surface area contributed by atoms with Gasteiger partial charge in [-0.25, -0.2) is 9.97 Å². The van der Waals surface area contributed by atoms with Gasteiger partial charge in [-0.1, -0.05) is 30.3 Å². The van der Waals surface area contributed by atoms with Crippen molar-refractivity contribution >= 4 is 38.7 Å². The summed E-state index contributed by atoms with van der Waals surface area (Å²) in [7, 11) is 0. The van der Waals surface area contributed by atoms with Crippen LogP contribution < -0.4 is 19.7 Å². The lowest BCUT2D eigenvalue weighted by molar-refractivity contribution is 0.122. The number of ether oxygens (including phenoxy) is 3. The fraction of sp³-hybridized carbons (Fsp3) is 0.308. The van der Waals surface area contributed by atoms with Gasteiger partial charge >= 0.3 is 0 Å². The Hall–Kier alpha value is -3.36. The molecule has 8 heteroatoms. The number of thiophene rings is 1. The maximum Gasteiger partial charge on any atom is 0.145 e. The first-order chi connectivity index (χ1) is 16.8. The number of hydrogen-bond donors (Lipinski definition) is 1. The molecule has 0 aliphatic carbocycles. The minimum Gasteiger partial charge on any atom is -0.492 e. The number of nitrogens with one attached hydrogen (secondary N) is 1. The van der Waals surface area contributed by atoms with Crippen molar-refractivity contribution in [3.05, 3.63) is 54.9 Å². The van der Waals surface area contributed by atoms with Gasteiger partial charge in [-0.05, 0) is 25.5 Å². The molecule has 1 aliphatic rings. The van der Waals surface area contributed by atoms with E-state index in [1.807, 2.05) is 38.1 Å². The highest BCUT2D eigenvalue weighted by atomic mass is 32.1. The summed E-state index contributed by atoms with van der Waals surface area (Å²) in [5, 5.41) is 4.48. The Morgan fingerprint density at radius 3 is 2.50 bits per heavy atom. The van der Waals surface area contributed by atoms with Gasteiger partial charge in [-0.2, -0.15) is 0 Å². The van der Waals surface area contributed by atoms with Crippen molar-refractivity contribution < 1.29 is 14.2 Å². The summed E-state index contributed by atoms with van der Waals surface area (Å²) >= 11 is 1.66. The minimum absolute atomic E-state index is 0.557. The molecule has 7 nitrogen and oxygen atoms in total. The number of nitrogens with zero attached hydrogens (tertiary/aromatic N) is 3. The summed E-state index contributed by atoms with van der Waals surface area (Å²) in [5.74, 6) is 2.32. The summed E-state index contributed by atoms with van der Waals surface area (Å²) in [5.41, 5.74) is 3.00. The van der Waals surface area contributed by atoms with Gasteiger partial charge in [-0.3, -0.25) is 0 Å². The minimum atomic E-state index is 0.557. The van der Waals surface area contributed by atoms with E-state index >= 15 is 0 Å². The first kappa shape index (κ1) is 22.4. The molecule has 1 fully saturated rings. The number of hydrogen-bond acceptors (Lipinski definition) is 8. The molecule has 0 atom stereocenters. The van der Waals surface area contributed by atoms with E-state index in [2.05, 4.69) is 44.5 Å². The Balaban J connectivity index is 1.54. The highest BCUT2D eigenvalue weighted by Gasteiger charge is 2.20. The second-order valence-corrected chi connectivity index (χ2v) is 8.85. The van der Waals surface area contributed by atoms with Crippen LogP contribution in [0.25, 0.3) is 20.7 Å². The molecule has 0 spiro atoms. The molecule has 0 bridgehead atoms. The van der Waals surface area contributed by atoms with Crippen LogP contribution in [0.2, 0.25) is 0 Å². The van der Waals surface area contributed by atoms with Crippen LogP contribution in [0.5, 0.6) is 11.5 Å². The second-order valence-electron chi connectivity index (χ2n) is 7.82. The standard InChI is InChI=1S/C26H28N4O3S/c1-3-32-22-16-21(30-10-12-31-13-11-30)23(33-4-2)15-20(22)29-25-19-14-24(18-8-6-5-7-9-18)34-26(19)28-17-27-25/h5-9,14-17H,3-4,10-13H2,1-2H3,(H,27,28,29). The predicted molar refractivity (Wildman–Crippen MR) is 138 cm³/mol. The molecular formula is C26H28N4O3S. The number of fused-ring (bicyclic) bond motifs is 1. The molecule has 0 unspecified atom stereocenters. The topological polar surface area (TPSA) is 68.7 Å². The summed E-state index contributed by atoms with van der Waals surface area (Å²) in [4.78, 5) is 13.4. The van der Waals surface area contributed by atoms with Crippen molar-refractivity contribution in [1.29, 1.82) is 0 Å². The van der Waals surface area contributed by atoms with Gasteiger partial charge in [0.2, 0.25) is 0 Å². The molecule has 2 aromatic carbocycles. The Kier molecular flexibility index (Phi) is 6.78. The fourth-order valence-corrected chi connectivity index (χ4v) is 5.08. The summed E-state index contributed by atoms with van der Waals surface area (Å²) in [6, 6.07) is 16.5. The van der Waals surface area contributed by atoms with Crippen molar-refractivity contribution in [3.8, 4) is 21.9 Å². The number of morpholine rings is 1. The van der Waals surface area contributed by atoms with Crippen LogP contribution in [0.1, 0.15) is 13.8 Å².